The first-order chi connectivity index (χ1) is 8.04. The molecule has 1 atom stereocenters. The number of benzene rings is 1. The van der Waals surface area contributed by atoms with Gasteiger partial charge in [-0.1, -0.05) is 44.0 Å². The molecule has 1 rings (SSSR count). The van der Waals surface area contributed by atoms with Crippen molar-refractivity contribution in [3.63, 3.8) is 0 Å². The summed E-state index contributed by atoms with van der Waals surface area (Å²) in [5.41, 5.74) is 1.09. The third kappa shape index (κ3) is 5.09. The van der Waals surface area contributed by atoms with Gasteiger partial charge in [-0.15, -0.1) is 0 Å². The van der Waals surface area contributed by atoms with Crippen molar-refractivity contribution in [1.29, 1.82) is 0 Å². The van der Waals surface area contributed by atoms with Crippen molar-refractivity contribution in [2.75, 3.05) is 12.3 Å². The summed E-state index contributed by atoms with van der Waals surface area (Å²) in [4.78, 5) is 0. The average molecular weight is 292 g/mol. The highest BCUT2D eigenvalue weighted by atomic mass is 35.5. The Kier molecular flexibility index (Phi) is 6.71. The molecule has 96 valence electrons. The first-order valence-electron chi connectivity index (χ1n) is 5.84. The van der Waals surface area contributed by atoms with E-state index in [9.17, 15) is 0 Å². The smallest absolute Gasteiger partial charge is 0.0455 e. The van der Waals surface area contributed by atoms with Crippen LogP contribution in [0, 0.1) is 0 Å². The molecule has 0 spiro atoms. The van der Waals surface area contributed by atoms with Crippen molar-refractivity contribution in [2.45, 2.75) is 32.1 Å². The van der Waals surface area contributed by atoms with Crippen LogP contribution in [0.4, 0.5) is 0 Å². The van der Waals surface area contributed by atoms with Crippen molar-refractivity contribution in [3.05, 3.63) is 33.8 Å². The Bertz CT molecular complexity index is 355. The van der Waals surface area contributed by atoms with Crippen molar-refractivity contribution >= 4 is 35.0 Å². The van der Waals surface area contributed by atoms with Gasteiger partial charge in [0, 0.05) is 21.8 Å². The molecule has 1 aromatic rings. The fourth-order valence-electron chi connectivity index (χ4n) is 1.58. The molecule has 0 aliphatic rings. The van der Waals surface area contributed by atoms with E-state index in [4.69, 9.17) is 23.2 Å². The third-order valence-electron chi connectivity index (χ3n) is 2.38. The molecule has 1 unspecified atom stereocenters. The number of nitrogens with one attached hydrogen (secondary N) is 1. The van der Waals surface area contributed by atoms with Gasteiger partial charge in [-0.2, -0.15) is 11.8 Å². The van der Waals surface area contributed by atoms with E-state index >= 15 is 0 Å². The van der Waals surface area contributed by atoms with Gasteiger partial charge in [-0.25, -0.2) is 0 Å². The average Bonchev–Trinajstić information content (AvgIpc) is 2.27. The molecule has 0 saturated heterocycles. The molecule has 0 saturated carbocycles. The van der Waals surface area contributed by atoms with Gasteiger partial charge in [-0.05, 0) is 35.6 Å². The van der Waals surface area contributed by atoms with Gasteiger partial charge in [0.2, 0.25) is 0 Å². The highest BCUT2D eigenvalue weighted by Gasteiger charge is 2.15. The van der Waals surface area contributed by atoms with Gasteiger partial charge >= 0.3 is 0 Å². The van der Waals surface area contributed by atoms with Crippen LogP contribution in [0.25, 0.3) is 0 Å². The van der Waals surface area contributed by atoms with E-state index in [-0.39, 0.29) is 6.04 Å². The summed E-state index contributed by atoms with van der Waals surface area (Å²) in [6.07, 6.45) is 0. The molecule has 0 radical (unpaired) electrons. The number of thioether (sulfide) groups is 1. The van der Waals surface area contributed by atoms with Gasteiger partial charge in [0.05, 0.1) is 0 Å². The maximum absolute atomic E-state index is 6.23. The quantitative estimate of drug-likeness (QED) is 0.809. The van der Waals surface area contributed by atoms with E-state index in [1.165, 1.54) is 0 Å². The first kappa shape index (κ1) is 15.2. The molecule has 1 nitrogen and oxygen atoms in total. The lowest BCUT2D eigenvalue weighted by atomic mass is 10.1. The van der Waals surface area contributed by atoms with Crippen LogP contribution in [0.2, 0.25) is 10.0 Å². The summed E-state index contributed by atoms with van der Waals surface area (Å²) in [5, 5.41) is 5.60. The lowest BCUT2D eigenvalue weighted by molar-refractivity contribution is 0.605. The maximum atomic E-state index is 6.23. The SMILES string of the molecule is CCNC(CSC(C)C)c1cc(Cl)ccc1Cl. The molecular formula is C13H19Cl2NS. The van der Waals surface area contributed by atoms with E-state index in [1.54, 1.807) is 0 Å². The Morgan fingerprint density at radius 2 is 2.00 bits per heavy atom. The van der Waals surface area contributed by atoms with Crippen LogP contribution < -0.4 is 5.32 Å². The van der Waals surface area contributed by atoms with E-state index < -0.39 is 0 Å². The lowest BCUT2D eigenvalue weighted by Gasteiger charge is -2.20. The molecule has 17 heavy (non-hydrogen) atoms. The number of hydrogen-bond donors (Lipinski definition) is 1. The number of rotatable bonds is 6. The van der Waals surface area contributed by atoms with Crippen LogP contribution in [-0.2, 0) is 0 Å². The predicted molar refractivity (Wildman–Crippen MR) is 80.5 cm³/mol. The molecule has 0 aliphatic carbocycles. The minimum atomic E-state index is 0.263. The summed E-state index contributed by atoms with van der Waals surface area (Å²) < 4.78 is 0. The van der Waals surface area contributed by atoms with Gasteiger partial charge in [0.1, 0.15) is 0 Å². The molecule has 0 heterocycles. The first-order valence-corrected chi connectivity index (χ1v) is 7.65. The predicted octanol–water partition coefficient (Wildman–Crippen LogP) is 4.79. The van der Waals surface area contributed by atoms with E-state index in [0.29, 0.717) is 5.25 Å². The van der Waals surface area contributed by atoms with Crippen molar-refractivity contribution in [3.8, 4) is 0 Å². The monoisotopic (exact) mass is 291 g/mol. The van der Waals surface area contributed by atoms with Crippen molar-refractivity contribution in [1.82, 2.24) is 5.32 Å². The largest absolute Gasteiger partial charge is 0.309 e. The van der Waals surface area contributed by atoms with Crippen LogP contribution in [0.15, 0.2) is 18.2 Å². The number of halogens is 2. The molecule has 0 bridgehead atoms. The van der Waals surface area contributed by atoms with Gasteiger partial charge in [0.25, 0.3) is 0 Å². The third-order valence-corrected chi connectivity index (χ3v) is 4.15. The summed E-state index contributed by atoms with van der Waals surface area (Å²) in [5.74, 6) is 1.01. The van der Waals surface area contributed by atoms with E-state index in [2.05, 4.69) is 26.1 Å². The Morgan fingerprint density at radius 3 is 2.59 bits per heavy atom. The molecule has 0 aromatic heterocycles. The summed E-state index contributed by atoms with van der Waals surface area (Å²) in [6, 6.07) is 5.91. The molecule has 0 fully saturated rings. The molecule has 0 aliphatic heterocycles. The fraction of sp³-hybridized carbons (Fsp3) is 0.538. The van der Waals surface area contributed by atoms with Crippen LogP contribution in [0.3, 0.4) is 0 Å². The zero-order valence-electron chi connectivity index (χ0n) is 10.5. The maximum Gasteiger partial charge on any atom is 0.0455 e. The minimum Gasteiger partial charge on any atom is -0.309 e. The Labute approximate surface area is 118 Å². The van der Waals surface area contributed by atoms with Crippen LogP contribution in [0.5, 0.6) is 0 Å². The van der Waals surface area contributed by atoms with Crippen molar-refractivity contribution in [2.24, 2.45) is 0 Å². The van der Waals surface area contributed by atoms with Gasteiger partial charge < -0.3 is 5.32 Å². The normalized spacial score (nSPS) is 13.1. The van der Waals surface area contributed by atoms with Gasteiger partial charge in [-0.3, -0.25) is 0 Å². The molecule has 1 aromatic carbocycles. The highest BCUT2D eigenvalue weighted by molar-refractivity contribution is 7.99. The second-order valence-electron chi connectivity index (χ2n) is 4.16. The molecule has 1 N–H and O–H groups in total. The Hall–Kier alpha value is 0.110. The summed E-state index contributed by atoms with van der Waals surface area (Å²) in [7, 11) is 0. The van der Waals surface area contributed by atoms with Crippen molar-refractivity contribution < 1.29 is 0 Å². The summed E-state index contributed by atoms with van der Waals surface area (Å²) >= 11 is 14.2. The second kappa shape index (κ2) is 7.52. The van der Waals surface area contributed by atoms with E-state index in [0.717, 1.165) is 27.9 Å². The molecule has 0 amide bonds. The highest BCUT2D eigenvalue weighted by Crippen LogP contribution is 2.29. The zero-order chi connectivity index (χ0) is 12.8. The second-order valence-corrected chi connectivity index (χ2v) is 6.61. The standard InChI is InChI=1S/C13H19Cl2NS/c1-4-16-13(8-17-9(2)3)11-7-10(14)5-6-12(11)15/h5-7,9,13,16H,4,8H2,1-3H3. The lowest BCUT2D eigenvalue weighted by Crippen LogP contribution is -2.23. The van der Waals surface area contributed by atoms with E-state index in [1.807, 2.05) is 30.0 Å². The Balaban J connectivity index is 2.84. The van der Waals surface area contributed by atoms with Crippen LogP contribution in [0.1, 0.15) is 32.4 Å². The molecular weight excluding hydrogens is 273 g/mol. The summed E-state index contributed by atoms with van der Waals surface area (Å²) in [6.45, 7) is 7.43. The molecule has 4 heteroatoms. The minimum absolute atomic E-state index is 0.263. The Morgan fingerprint density at radius 1 is 1.29 bits per heavy atom. The zero-order valence-corrected chi connectivity index (χ0v) is 12.8. The van der Waals surface area contributed by atoms with Crippen LogP contribution in [-0.4, -0.2) is 17.5 Å². The van der Waals surface area contributed by atoms with Crippen LogP contribution >= 0.6 is 35.0 Å². The number of hydrogen-bond acceptors (Lipinski definition) is 2. The fourth-order valence-corrected chi connectivity index (χ4v) is 2.88. The van der Waals surface area contributed by atoms with Gasteiger partial charge in [0.15, 0.2) is 0 Å². The topological polar surface area (TPSA) is 12.0 Å².